The molecule has 1 atom stereocenters. The van der Waals surface area contributed by atoms with Crippen LogP contribution in [0.25, 0.3) is 0 Å². The summed E-state index contributed by atoms with van der Waals surface area (Å²) in [7, 11) is 1.75. The van der Waals surface area contributed by atoms with E-state index in [1.807, 2.05) is 0 Å². The molecular weight excluding hydrogens is 212 g/mol. The average molecular weight is 234 g/mol. The van der Waals surface area contributed by atoms with Gasteiger partial charge in [0.2, 0.25) is 0 Å². The molecule has 1 unspecified atom stereocenters. The SMILES string of the molecule is COCCc1ccccc1NCC1CCCN1. The molecule has 1 saturated heterocycles. The van der Waals surface area contributed by atoms with Crippen molar-refractivity contribution < 1.29 is 4.74 Å². The summed E-state index contributed by atoms with van der Waals surface area (Å²) in [5.74, 6) is 0. The Morgan fingerprint density at radius 2 is 2.29 bits per heavy atom. The van der Waals surface area contributed by atoms with Crippen molar-refractivity contribution in [2.45, 2.75) is 25.3 Å². The second-order valence-corrected chi connectivity index (χ2v) is 4.57. The normalized spacial score (nSPS) is 19.5. The lowest BCUT2D eigenvalue weighted by molar-refractivity contribution is 0.202. The number of anilines is 1. The number of ether oxygens (including phenoxy) is 1. The second-order valence-electron chi connectivity index (χ2n) is 4.57. The number of methoxy groups -OCH3 is 1. The van der Waals surface area contributed by atoms with E-state index in [9.17, 15) is 0 Å². The van der Waals surface area contributed by atoms with E-state index in [1.165, 1.54) is 24.1 Å². The molecule has 17 heavy (non-hydrogen) atoms. The summed E-state index contributed by atoms with van der Waals surface area (Å²) in [5, 5.41) is 7.05. The molecule has 3 nitrogen and oxygen atoms in total. The number of para-hydroxylation sites is 1. The third kappa shape index (κ3) is 3.72. The van der Waals surface area contributed by atoms with Crippen LogP contribution in [0, 0.1) is 0 Å². The van der Waals surface area contributed by atoms with Crippen molar-refractivity contribution in [3.8, 4) is 0 Å². The number of hydrogen-bond donors (Lipinski definition) is 2. The predicted octanol–water partition coefficient (Wildman–Crippen LogP) is 2.04. The third-order valence-electron chi connectivity index (χ3n) is 3.29. The highest BCUT2D eigenvalue weighted by atomic mass is 16.5. The first-order valence-corrected chi connectivity index (χ1v) is 6.44. The standard InChI is InChI=1S/C14H22N2O/c1-17-10-8-12-5-2-3-7-14(12)16-11-13-6-4-9-15-13/h2-3,5,7,13,15-16H,4,6,8-11H2,1H3. The number of rotatable bonds is 6. The van der Waals surface area contributed by atoms with Gasteiger partial charge in [0.15, 0.2) is 0 Å². The van der Waals surface area contributed by atoms with Gasteiger partial charge in [-0.2, -0.15) is 0 Å². The smallest absolute Gasteiger partial charge is 0.0503 e. The molecule has 0 bridgehead atoms. The van der Waals surface area contributed by atoms with Crippen LogP contribution in [0.1, 0.15) is 18.4 Å². The Hall–Kier alpha value is -1.06. The zero-order valence-electron chi connectivity index (χ0n) is 10.5. The quantitative estimate of drug-likeness (QED) is 0.790. The summed E-state index contributed by atoms with van der Waals surface area (Å²) in [6, 6.07) is 9.12. The average Bonchev–Trinajstić information content (AvgIpc) is 2.88. The van der Waals surface area contributed by atoms with Crippen molar-refractivity contribution in [1.82, 2.24) is 5.32 Å². The zero-order chi connectivity index (χ0) is 11.9. The minimum Gasteiger partial charge on any atom is -0.384 e. The lowest BCUT2D eigenvalue weighted by Gasteiger charge is -2.15. The first-order chi connectivity index (χ1) is 8.40. The van der Waals surface area contributed by atoms with Gasteiger partial charge in [-0.05, 0) is 37.4 Å². The first kappa shape index (κ1) is 12.4. The Kier molecular flexibility index (Phi) is 4.83. The van der Waals surface area contributed by atoms with E-state index in [4.69, 9.17) is 4.74 Å². The fraction of sp³-hybridized carbons (Fsp3) is 0.571. The van der Waals surface area contributed by atoms with Gasteiger partial charge in [0, 0.05) is 25.4 Å². The molecule has 1 aromatic rings. The van der Waals surface area contributed by atoms with Gasteiger partial charge in [0.05, 0.1) is 6.61 Å². The van der Waals surface area contributed by atoms with Gasteiger partial charge in [0.25, 0.3) is 0 Å². The Morgan fingerprint density at radius 3 is 3.06 bits per heavy atom. The minimum atomic E-state index is 0.630. The van der Waals surface area contributed by atoms with Gasteiger partial charge in [-0.3, -0.25) is 0 Å². The molecule has 1 aromatic carbocycles. The monoisotopic (exact) mass is 234 g/mol. The predicted molar refractivity (Wildman–Crippen MR) is 71.5 cm³/mol. The molecule has 0 saturated carbocycles. The molecule has 94 valence electrons. The summed E-state index contributed by atoms with van der Waals surface area (Å²) < 4.78 is 5.14. The van der Waals surface area contributed by atoms with Crippen LogP contribution in [-0.4, -0.2) is 32.8 Å². The van der Waals surface area contributed by atoms with Gasteiger partial charge in [-0.1, -0.05) is 18.2 Å². The topological polar surface area (TPSA) is 33.3 Å². The van der Waals surface area contributed by atoms with Crippen molar-refractivity contribution in [2.24, 2.45) is 0 Å². The number of hydrogen-bond acceptors (Lipinski definition) is 3. The molecule has 1 heterocycles. The Balaban J connectivity index is 1.89. The molecule has 1 aliphatic rings. The molecule has 0 aliphatic carbocycles. The van der Waals surface area contributed by atoms with Crippen LogP contribution in [0.4, 0.5) is 5.69 Å². The summed E-state index contributed by atoms with van der Waals surface area (Å²) in [6.45, 7) is 2.96. The second kappa shape index (κ2) is 6.62. The van der Waals surface area contributed by atoms with Gasteiger partial charge < -0.3 is 15.4 Å². The van der Waals surface area contributed by atoms with Crippen LogP contribution >= 0.6 is 0 Å². The summed E-state index contributed by atoms with van der Waals surface area (Å²) in [5.41, 5.74) is 2.59. The highest BCUT2D eigenvalue weighted by molar-refractivity contribution is 5.51. The van der Waals surface area contributed by atoms with Crippen molar-refractivity contribution in [2.75, 3.05) is 32.1 Å². The third-order valence-corrected chi connectivity index (χ3v) is 3.29. The molecule has 2 N–H and O–H groups in total. The van der Waals surface area contributed by atoms with Crippen molar-refractivity contribution in [3.05, 3.63) is 29.8 Å². The van der Waals surface area contributed by atoms with Gasteiger partial charge >= 0.3 is 0 Å². The van der Waals surface area contributed by atoms with Gasteiger partial charge in [-0.15, -0.1) is 0 Å². The molecule has 3 heteroatoms. The Labute approximate surface area is 104 Å². The minimum absolute atomic E-state index is 0.630. The van der Waals surface area contributed by atoms with Crippen LogP contribution in [0.15, 0.2) is 24.3 Å². The molecule has 0 amide bonds. The Morgan fingerprint density at radius 1 is 1.41 bits per heavy atom. The van der Waals surface area contributed by atoms with Crippen molar-refractivity contribution >= 4 is 5.69 Å². The maximum absolute atomic E-state index is 5.14. The lowest BCUT2D eigenvalue weighted by Crippen LogP contribution is -2.29. The largest absolute Gasteiger partial charge is 0.384 e. The highest BCUT2D eigenvalue weighted by Gasteiger charge is 2.13. The van der Waals surface area contributed by atoms with Gasteiger partial charge in [0.1, 0.15) is 0 Å². The fourth-order valence-electron chi connectivity index (χ4n) is 2.29. The molecule has 1 fully saturated rings. The van der Waals surface area contributed by atoms with E-state index in [0.717, 1.165) is 26.1 Å². The van der Waals surface area contributed by atoms with Crippen LogP contribution in [0.2, 0.25) is 0 Å². The molecule has 1 aliphatic heterocycles. The van der Waals surface area contributed by atoms with E-state index < -0.39 is 0 Å². The van der Waals surface area contributed by atoms with Gasteiger partial charge in [-0.25, -0.2) is 0 Å². The van der Waals surface area contributed by atoms with Crippen molar-refractivity contribution in [3.63, 3.8) is 0 Å². The van der Waals surface area contributed by atoms with E-state index in [-0.39, 0.29) is 0 Å². The lowest BCUT2D eigenvalue weighted by atomic mass is 10.1. The van der Waals surface area contributed by atoms with Crippen LogP contribution in [0.5, 0.6) is 0 Å². The highest BCUT2D eigenvalue weighted by Crippen LogP contribution is 2.16. The molecule has 0 spiro atoms. The maximum atomic E-state index is 5.14. The van der Waals surface area contributed by atoms with Crippen LogP contribution in [-0.2, 0) is 11.2 Å². The van der Waals surface area contributed by atoms with Crippen LogP contribution < -0.4 is 10.6 Å². The molecular formula is C14H22N2O. The molecule has 2 rings (SSSR count). The van der Waals surface area contributed by atoms with Crippen LogP contribution in [0.3, 0.4) is 0 Å². The van der Waals surface area contributed by atoms with Crippen molar-refractivity contribution in [1.29, 1.82) is 0 Å². The maximum Gasteiger partial charge on any atom is 0.0503 e. The summed E-state index contributed by atoms with van der Waals surface area (Å²) >= 11 is 0. The fourth-order valence-corrected chi connectivity index (χ4v) is 2.29. The summed E-state index contributed by atoms with van der Waals surface area (Å²) in [4.78, 5) is 0. The summed E-state index contributed by atoms with van der Waals surface area (Å²) in [6.07, 6.45) is 3.56. The van der Waals surface area contributed by atoms with E-state index in [0.29, 0.717) is 6.04 Å². The number of benzene rings is 1. The molecule has 0 radical (unpaired) electrons. The first-order valence-electron chi connectivity index (χ1n) is 6.44. The zero-order valence-corrected chi connectivity index (χ0v) is 10.5. The van der Waals surface area contributed by atoms with E-state index >= 15 is 0 Å². The Bertz CT molecular complexity index is 335. The van der Waals surface area contributed by atoms with E-state index in [1.54, 1.807) is 7.11 Å². The number of nitrogens with one attached hydrogen (secondary N) is 2. The molecule has 0 aromatic heterocycles. The van der Waals surface area contributed by atoms with E-state index in [2.05, 4.69) is 34.9 Å².